The predicted molar refractivity (Wildman–Crippen MR) is 132 cm³/mol. The zero-order valence-corrected chi connectivity index (χ0v) is 20.9. The molecule has 0 aromatic heterocycles. The van der Waals surface area contributed by atoms with Crippen LogP contribution in [0.2, 0.25) is 5.04 Å². The van der Waals surface area contributed by atoms with Gasteiger partial charge in [-0.1, -0.05) is 100 Å². The molecule has 0 saturated heterocycles. The van der Waals surface area contributed by atoms with E-state index in [0.717, 1.165) is 12.3 Å². The van der Waals surface area contributed by atoms with E-state index < -0.39 is 8.32 Å². The Hall–Kier alpha value is -1.91. The van der Waals surface area contributed by atoms with Crippen molar-refractivity contribution < 1.29 is 9.26 Å². The van der Waals surface area contributed by atoms with Gasteiger partial charge in [-0.25, -0.2) is 0 Å². The van der Waals surface area contributed by atoms with Gasteiger partial charge in [0.2, 0.25) is 0 Å². The van der Waals surface area contributed by atoms with Gasteiger partial charge in [-0.05, 0) is 39.6 Å². The van der Waals surface area contributed by atoms with Gasteiger partial charge in [-0.2, -0.15) is 0 Å². The molecule has 0 N–H and O–H groups in total. The number of hydrogen-bond acceptors (Lipinski definition) is 3. The molecule has 3 atom stereocenters. The van der Waals surface area contributed by atoms with Crippen LogP contribution in [0, 0.1) is 23.2 Å². The summed E-state index contributed by atoms with van der Waals surface area (Å²) in [4.78, 5) is 5.31. The number of fused-ring (bicyclic) bond motifs is 2. The molecule has 166 valence electrons. The summed E-state index contributed by atoms with van der Waals surface area (Å²) in [5.74, 6) is 1.60. The van der Waals surface area contributed by atoms with E-state index in [-0.39, 0.29) is 5.04 Å². The molecule has 0 unspecified atom stereocenters. The van der Waals surface area contributed by atoms with E-state index in [1.165, 1.54) is 22.5 Å². The van der Waals surface area contributed by atoms with Crippen molar-refractivity contribution in [2.45, 2.75) is 52.5 Å². The smallest absolute Gasteiger partial charge is 0.261 e. The summed E-state index contributed by atoms with van der Waals surface area (Å²) in [6.45, 7) is 12.5. The number of oxime groups is 1. The summed E-state index contributed by atoms with van der Waals surface area (Å²) in [7, 11) is -0.853. The number of rotatable bonds is 6. The van der Waals surface area contributed by atoms with E-state index in [1.54, 1.807) is 7.11 Å². The lowest BCUT2D eigenvalue weighted by Gasteiger charge is -2.59. The minimum Gasteiger partial charge on any atom is -0.407 e. The van der Waals surface area contributed by atoms with E-state index in [1.807, 2.05) is 0 Å². The van der Waals surface area contributed by atoms with Gasteiger partial charge in [0.15, 0.2) is 0 Å². The molecule has 2 bridgehead atoms. The highest BCUT2D eigenvalue weighted by atomic mass is 28.4. The molecular weight excluding hydrogens is 398 g/mol. The minimum absolute atomic E-state index is 0.00880. The van der Waals surface area contributed by atoms with E-state index >= 15 is 0 Å². The van der Waals surface area contributed by atoms with Crippen LogP contribution in [-0.2, 0) is 9.26 Å². The zero-order chi connectivity index (χ0) is 22.3. The van der Waals surface area contributed by atoms with Crippen molar-refractivity contribution in [3.05, 3.63) is 60.7 Å². The van der Waals surface area contributed by atoms with Gasteiger partial charge in [0, 0.05) is 18.4 Å². The molecule has 0 aliphatic heterocycles. The second-order valence-corrected chi connectivity index (χ2v) is 15.2. The van der Waals surface area contributed by atoms with E-state index in [2.05, 4.69) is 100 Å². The lowest BCUT2D eigenvalue weighted by Crippen LogP contribution is -2.67. The normalized spacial score (nSPS) is 26.4. The Kier molecular flexibility index (Phi) is 5.91. The molecule has 3 saturated carbocycles. The summed E-state index contributed by atoms with van der Waals surface area (Å²) >= 11 is 0. The van der Waals surface area contributed by atoms with Gasteiger partial charge in [0.25, 0.3) is 8.32 Å². The average molecular weight is 436 g/mol. The minimum atomic E-state index is -2.52. The zero-order valence-electron chi connectivity index (χ0n) is 19.9. The maximum atomic E-state index is 7.22. The SMILES string of the molecule is CON=C1[C@@H](CO[Si](c2ccccc2)(c2ccccc2)C(C)(C)C)C[C@H]2C[C@@H]1C2(C)C. The lowest BCUT2D eigenvalue weighted by molar-refractivity contribution is -0.0234. The van der Waals surface area contributed by atoms with Crippen LogP contribution in [0.5, 0.6) is 0 Å². The third kappa shape index (κ3) is 3.68. The van der Waals surface area contributed by atoms with Crippen LogP contribution in [0.1, 0.15) is 47.5 Å². The van der Waals surface area contributed by atoms with Crippen molar-refractivity contribution in [1.29, 1.82) is 0 Å². The standard InChI is InChI=1S/C27H37NO2Si/c1-26(2,3)31(22-13-9-7-10-14-22,23-15-11-8-12-16-23)30-19-20-17-21-18-24(27(21,4)5)25(20)28-29-6/h7-16,20-21,24H,17-19H2,1-6H3/t20-,21+,24+/m1/s1. The Morgan fingerprint density at radius 2 is 1.48 bits per heavy atom. The van der Waals surface area contributed by atoms with E-state index in [9.17, 15) is 0 Å². The number of benzene rings is 2. The van der Waals surface area contributed by atoms with Gasteiger partial charge in [-0.15, -0.1) is 0 Å². The topological polar surface area (TPSA) is 30.8 Å². The highest BCUT2D eigenvalue weighted by Gasteiger charge is 2.57. The largest absolute Gasteiger partial charge is 0.407 e. The van der Waals surface area contributed by atoms with Crippen LogP contribution < -0.4 is 10.4 Å². The van der Waals surface area contributed by atoms with Gasteiger partial charge in [0.05, 0.1) is 5.71 Å². The summed E-state index contributed by atoms with van der Waals surface area (Å²) in [5.41, 5.74) is 1.54. The van der Waals surface area contributed by atoms with Crippen molar-refractivity contribution in [3.8, 4) is 0 Å². The predicted octanol–water partition coefficient (Wildman–Crippen LogP) is 5.25. The Balaban J connectivity index is 1.72. The summed E-state index contributed by atoms with van der Waals surface area (Å²) in [6.07, 6.45) is 2.38. The summed E-state index contributed by atoms with van der Waals surface area (Å²) in [6, 6.07) is 21.8. The Morgan fingerprint density at radius 1 is 0.935 bits per heavy atom. The third-order valence-electron chi connectivity index (χ3n) is 7.93. The van der Waals surface area contributed by atoms with Crippen molar-refractivity contribution in [2.75, 3.05) is 13.7 Å². The van der Waals surface area contributed by atoms with Crippen LogP contribution in [0.25, 0.3) is 0 Å². The van der Waals surface area contributed by atoms with Crippen molar-refractivity contribution in [1.82, 2.24) is 0 Å². The molecule has 3 nitrogen and oxygen atoms in total. The monoisotopic (exact) mass is 435 g/mol. The fourth-order valence-electron chi connectivity index (χ4n) is 6.05. The van der Waals surface area contributed by atoms with E-state index in [0.29, 0.717) is 23.9 Å². The Labute approximate surface area is 189 Å². The number of hydrogen-bond donors (Lipinski definition) is 0. The molecule has 0 radical (unpaired) electrons. The molecule has 2 aromatic carbocycles. The van der Waals surface area contributed by atoms with Crippen LogP contribution >= 0.6 is 0 Å². The lowest BCUT2D eigenvalue weighted by atomic mass is 9.46. The molecule has 0 amide bonds. The van der Waals surface area contributed by atoms with E-state index in [4.69, 9.17) is 9.26 Å². The number of nitrogens with zero attached hydrogens (tertiary/aromatic N) is 1. The van der Waals surface area contributed by atoms with Crippen LogP contribution in [0.4, 0.5) is 0 Å². The first-order valence-corrected chi connectivity index (χ1v) is 13.5. The second kappa shape index (κ2) is 8.21. The molecule has 0 heterocycles. The maximum Gasteiger partial charge on any atom is 0.261 e. The first kappa shape index (κ1) is 22.3. The molecule has 0 spiro atoms. The molecule has 2 aromatic rings. The van der Waals surface area contributed by atoms with Crippen molar-refractivity contribution in [2.24, 2.45) is 28.3 Å². The Bertz CT molecular complexity index is 878. The Morgan fingerprint density at radius 3 is 1.94 bits per heavy atom. The van der Waals surface area contributed by atoms with Crippen LogP contribution in [0.3, 0.4) is 0 Å². The van der Waals surface area contributed by atoms with Crippen molar-refractivity contribution in [3.63, 3.8) is 0 Å². The highest BCUT2D eigenvalue weighted by Crippen LogP contribution is 2.59. The van der Waals surface area contributed by atoms with Crippen LogP contribution in [-0.4, -0.2) is 27.7 Å². The molecule has 3 fully saturated rings. The molecule has 3 aliphatic rings. The molecular formula is C27H37NO2Si. The first-order chi connectivity index (χ1) is 14.7. The fourth-order valence-corrected chi connectivity index (χ4v) is 10.7. The van der Waals surface area contributed by atoms with Crippen LogP contribution in [0.15, 0.2) is 65.8 Å². The average Bonchev–Trinajstić information content (AvgIpc) is 2.75. The van der Waals surface area contributed by atoms with Crippen molar-refractivity contribution >= 4 is 24.4 Å². The van der Waals surface area contributed by atoms with Gasteiger partial charge >= 0.3 is 0 Å². The summed E-state index contributed by atoms with van der Waals surface area (Å²) in [5, 5.41) is 7.20. The van der Waals surface area contributed by atoms with Gasteiger partial charge in [-0.3, -0.25) is 0 Å². The summed E-state index contributed by atoms with van der Waals surface area (Å²) < 4.78 is 7.22. The highest BCUT2D eigenvalue weighted by molar-refractivity contribution is 6.99. The first-order valence-electron chi connectivity index (χ1n) is 11.6. The second-order valence-electron chi connectivity index (χ2n) is 10.9. The maximum absolute atomic E-state index is 7.22. The van der Waals surface area contributed by atoms with Gasteiger partial charge in [0.1, 0.15) is 7.11 Å². The molecule has 3 aliphatic carbocycles. The molecule has 5 rings (SSSR count). The fraction of sp³-hybridized carbons (Fsp3) is 0.519. The van der Waals surface area contributed by atoms with Gasteiger partial charge < -0.3 is 9.26 Å². The third-order valence-corrected chi connectivity index (χ3v) is 12.9. The quantitative estimate of drug-likeness (QED) is 0.458. The molecule has 4 heteroatoms. The molecule has 31 heavy (non-hydrogen) atoms.